The first-order valence-electron chi connectivity index (χ1n) is 7.84. The lowest BCUT2D eigenvalue weighted by Gasteiger charge is -2.13. The molecular formula is C17H25N3O2. The quantitative estimate of drug-likeness (QED) is 0.769. The van der Waals surface area contributed by atoms with Crippen molar-refractivity contribution >= 4 is 16.9 Å². The molecule has 0 aliphatic carbocycles. The molecule has 0 aliphatic rings. The van der Waals surface area contributed by atoms with Crippen molar-refractivity contribution in [2.45, 2.75) is 39.2 Å². The molecule has 1 amide bonds. The average Bonchev–Trinajstić information content (AvgIpc) is 2.80. The van der Waals surface area contributed by atoms with Crippen LogP contribution in [-0.2, 0) is 18.3 Å². The van der Waals surface area contributed by atoms with Gasteiger partial charge < -0.3 is 15.0 Å². The molecule has 0 saturated heterocycles. The summed E-state index contributed by atoms with van der Waals surface area (Å²) in [6.45, 7) is 4.42. The van der Waals surface area contributed by atoms with Gasteiger partial charge >= 0.3 is 0 Å². The van der Waals surface area contributed by atoms with Gasteiger partial charge in [0.1, 0.15) is 5.82 Å². The van der Waals surface area contributed by atoms with Crippen LogP contribution in [0.1, 0.15) is 32.5 Å². The fourth-order valence-corrected chi connectivity index (χ4v) is 2.39. The van der Waals surface area contributed by atoms with Gasteiger partial charge in [0.25, 0.3) is 0 Å². The minimum absolute atomic E-state index is 0.0915. The third-order valence-corrected chi connectivity index (χ3v) is 3.94. The summed E-state index contributed by atoms with van der Waals surface area (Å²) in [6, 6.07) is 8.06. The molecule has 2 rings (SSSR count). The maximum atomic E-state index is 11.7. The van der Waals surface area contributed by atoms with Gasteiger partial charge in [0, 0.05) is 20.0 Å². The number of amides is 1. The number of aromatic nitrogens is 2. The molecule has 5 heteroatoms. The van der Waals surface area contributed by atoms with E-state index in [0.29, 0.717) is 6.54 Å². The lowest BCUT2D eigenvalue weighted by molar-refractivity contribution is -0.123. The maximum absolute atomic E-state index is 11.7. The predicted octanol–water partition coefficient (Wildman–Crippen LogP) is 2.03. The van der Waals surface area contributed by atoms with Gasteiger partial charge in [-0.05, 0) is 24.5 Å². The number of aryl methyl sites for hydroxylation is 2. The van der Waals surface area contributed by atoms with E-state index >= 15 is 0 Å². The highest BCUT2D eigenvalue weighted by Gasteiger charge is 2.14. The Morgan fingerprint density at radius 1 is 1.36 bits per heavy atom. The van der Waals surface area contributed by atoms with Crippen molar-refractivity contribution in [2.75, 3.05) is 6.54 Å². The van der Waals surface area contributed by atoms with E-state index in [1.54, 1.807) is 0 Å². The van der Waals surface area contributed by atoms with Crippen LogP contribution in [0, 0.1) is 5.92 Å². The average molecular weight is 303 g/mol. The molecular weight excluding hydrogens is 278 g/mol. The highest BCUT2D eigenvalue weighted by molar-refractivity contribution is 5.76. The van der Waals surface area contributed by atoms with Crippen molar-refractivity contribution in [1.82, 2.24) is 14.9 Å². The van der Waals surface area contributed by atoms with Crippen LogP contribution in [-0.4, -0.2) is 33.2 Å². The summed E-state index contributed by atoms with van der Waals surface area (Å²) in [7, 11) is 2.02. The molecule has 22 heavy (non-hydrogen) atoms. The number of hydrogen-bond acceptors (Lipinski definition) is 3. The first-order valence-corrected chi connectivity index (χ1v) is 7.84. The number of carbonyl (C=O) groups is 1. The molecule has 0 fully saturated rings. The summed E-state index contributed by atoms with van der Waals surface area (Å²) in [5.41, 5.74) is 2.13. The summed E-state index contributed by atoms with van der Waals surface area (Å²) in [5.74, 6) is 1.04. The third kappa shape index (κ3) is 4.07. The lowest BCUT2D eigenvalue weighted by Crippen LogP contribution is -2.30. The Morgan fingerprint density at radius 2 is 2.09 bits per heavy atom. The maximum Gasteiger partial charge on any atom is 0.222 e. The summed E-state index contributed by atoms with van der Waals surface area (Å²) in [5, 5.41) is 12.5. The molecule has 1 atom stereocenters. The number of imidazole rings is 1. The van der Waals surface area contributed by atoms with E-state index in [2.05, 4.69) is 20.9 Å². The number of hydrogen-bond donors (Lipinski definition) is 2. The van der Waals surface area contributed by atoms with Crippen molar-refractivity contribution in [3.63, 3.8) is 0 Å². The molecule has 1 aromatic heterocycles. The Bertz CT molecular complexity index is 634. The van der Waals surface area contributed by atoms with Gasteiger partial charge in [-0.3, -0.25) is 4.79 Å². The Morgan fingerprint density at radius 3 is 2.77 bits per heavy atom. The van der Waals surface area contributed by atoms with Gasteiger partial charge in [-0.1, -0.05) is 26.0 Å². The van der Waals surface area contributed by atoms with Crippen molar-refractivity contribution in [1.29, 1.82) is 0 Å². The Balaban J connectivity index is 1.78. The van der Waals surface area contributed by atoms with Gasteiger partial charge in [-0.25, -0.2) is 4.98 Å². The number of rotatable bonds is 7. The predicted molar refractivity (Wildman–Crippen MR) is 87.5 cm³/mol. The number of benzene rings is 1. The zero-order chi connectivity index (χ0) is 16.1. The van der Waals surface area contributed by atoms with E-state index in [1.807, 2.05) is 39.1 Å². The van der Waals surface area contributed by atoms with Crippen LogP contribution in [0.5, 0.6) is 0 Å². The zero-order valence-electron chi connectivity index (χ0n) is 13.5. The summed E-state index contributed by atoms with van der Waals surface area (Å²) in [6.07, 6.45) is 1.25. The number of aliphatic hydroxyl groups is 1. The van der Waals surface area contributed by atoms with Crippen LogP contribution >= 0.6 is 0 Å². The van der Waals surface area contributed by atoms with Crippen LogP contribution in [0.15, 0.2) is 24.3 Å². The monoisotopic (exact) mass is 303 g/mol. The molecule has 0 aliphatic heterocycles. The molecule has 5 nitrogen and oxygen atoms in total. The van der Waals surface area contributed by atoms with Crippen LogP contribution in [0.2, 0.25) is 0 Å². The van der Waals surface area contributed by atoms with E-state index in [9.17, 15) is 9.90 Å². The van der Waals surface area contributed by atoms with E-state index in [-0.39, 0.29) is 18.2 Å². The van der Waals surface area contributed by atoms with Gasteiger partial charge in [0.15, 0.2) is 0 Å². The molecule has 1 heterocycles. The van der Waals surface area contributed by atoms with Crippen molar-refractivity contribution in [3.8, 4) is 0 Å². The van der Waals surface area contributed by atoms with E-state index in [4.69, 9.17) is 0 Å². The topological polar surface area (TPSA) is 67.2 Å². The molecule has 0 bridgehead atoms. The Kier molecular flexibility index (Phi) is 5.55. The van der Waals surface area contributed by atoms with E-state index in [1.165, 1.54) is 0 Å². The molecule has 0 radical (unpaired) electrons. The van der Waals surface area contributed by atoms with Crippen LogP contribution in [0.3, 0.4) is 0 Å². The number of nitrogens with one attached hydrogen (secondary N) is 1. The molecule has 120 valence electrons. The molecule has 0 saturated carbocycles. The second-order valence-corrected chi connectivity index (χ2v) is 6.04. The van der Waals surface area contributed by atoms with Gasteiger partial charge in [0.2, 0.25) is 5.91 Å². The molecule has 1 aromatic carbocycles. The largest absolute Gasteiger partial charge is 0.392 e. The summed E-state index contributed by atoms with van der Waals surface area (Å²) >= 11 is 0. The summed E-state index contributed by atoms with van der Waals surface area (Å²) in [4.78, 5) is 16.3. The highest BCUT2D eigenvalue weighted by atomic mass is 16.3. The Labute approximate surface area is 131 Å². The minimum Gasteiger partial charge on any atom is -0.392 e. The van der Waals surface area contributed by atoms with Crippen molar-refractivity contribution < 1.29 is 9.90 Å². The van der Waals surface area contributed by atoms with Crippen LogP contribution < -0.4 is 5.32 Å². The van der Waals surface area contributed by atoms with Crippen molar-refractivity contribution in [2.24, 2.45) is 13.0 Å². The van der Waals surface area contributed by atoms with Crippen LogP contribution in [0.25, 0.3) is 11.0 Å². The second-order valence-electron chi connectivity index (χ2n) is 6.04. The number of nitrogens with zero attached hydrogens (tertiary/aromatic N) is 2. The van der Waals surface area contributed by atoms with Gasteiger partial charge in [-0.2, -0.15) is 0 Å². The zero-order valence-corrected chi connectivity index (χ0v) is 13.5. The molecule has 2 N–H and O–H groups in total. The lowest BCUT2D eigenvalue weighted by atomic mass is 10.0. The first kappa shape index (κ1) is 16.5. The number of fused-ring (bicyclic) bond motifs is 1. The third-order valence-electron chi connectivity index (χ3n) is 3.94. The molecule has 1 unspecified atom stereocenters. The first-order chi connectivity index (χ1) is 10.5. The standard InChI is InChI=1S/C17H25N3O2/c1-12(2)15(21)11-17(22)18-10-6-9-16-19-13-7-4-5-8-14(13)20(16)3/h4-5,7-8,12,15,21H,6,9-11H2,1-3H3,(H,18,22). The fourth-order valence-electron chi connectivity index (χ4n) is 2.39. The summed E-state index contributed by atoms with van der Waals surface area (Å²) < 4.78 is 2.10. The SMILES string of the molecule is CC(C)C(O)CC(=O)NCCCc1nc2ccccc2n1C. The second kappa shape index (κ2) is 7.40. The fraction of sp³-hybridized carbons (Fsp3) is 0.529. The number of carbonyl (C=O) groups excluding carboxylic acids is 1. The van der Waals surface area contributed by atoms with Gasteiger partial charge in [0.05, 0.1) is 23.6 Å². The van der Waals surface area contributed by atoms with Gasteiger partial charge in [-0.15, -0.1) is 0 Å². The van der Waals surface area contributed by atoms with E-state index in [0.717, 1.165) is 29.7 Å². The molecule has 0 spiro atoms. The number of aliphatic hydroxyl groups excluding tert-OH is 1. The molecule has 2 aromatic rings. The Hall–Kier alpha value is -1.88. The number of para-hydroxylation sites is 2. The van der Waals surface area contributed by atoms with Crippen LogP contribution in [0.4, 0.5) is 0 Å². The highest BCUT2D eigenvalue weighted by Crippen LogP contribution is 2.15. The van der Waals surface area contributed by atoms with Crippen molar-refractivity contribution in [3.05, 3.63) is 30.1 Å². The smallest absolute Gasteiger partial charge is 0.222 e. The normalized spacial score (nSPS) is 12.8. The minimum atomic E-state index is -0.570. The van der Waals surface area contributed by atoms with E-state index < -0.39 is 6.10 Å².